The first kappa shape index (κ1) is 16.9. The Morgan fingerprint density at radius 2 is 1.45 bits per heavy atom. The van der Waals surface area contributed by atoms with Crippen molar-refractivity contribution in [1.29, 1.82) is 0 Å². The van der Waals surface area contributed by atoms with Crippen molar-refractivity contribution in [3.63, 3.8) is 0 Å². The van der Waals surface area contributed by atoms with E-state index >= 15 is 0 Å². The summed E-state index contributed by atoms with van der Waals surface area (Å²) < 4.78 is 4.92. The standard InChI is InChI=1S/C18H29NSi/c1-17(2,3)16(15-12-10-9-11-13-15)14-19-20(7,8)18(4,5)6/h9-13H,1-8H3. The van der Waals surface area contributed by atoms with E-state index in [9.17, 15) is 0 Å². The normalized spacial score (nSPS) is 12.8. The van der Waals surface area contributed by atoms with Gasteiger partial charge in [-0.3, -0.25) is 4.66 Å². The first-order chi connectivity index (χ1) is 8.95. The first-order valence-electron chi connectivity index (χ1n) is 7.36. The van der Waals surface area contributed by atoms with E-state index in [0.29, 0.717) is 0 Å². The van der Waals surface area contributed by atoms with Crippen molar-refractivity contribution in [2.75, 3.05) is 0 Å². The molecule has 0 N–H and O–H groups in total. The van der Waals surface area contributed by atoms with E-state index in [1.807, 2.05) is 0 Å². The third-order valence-corrected chi connectivity index (χ3v) is 8.44. The van der Waals surface area contributed by atoms with Crippen LogP contribution >= 0.6 is 0 Å². The third kappa shape index (κ3) is 4.19. The molecule has 0 saturated heterocycles. The maximum atomic E-state index is 4.92. The van der Waals surface area contributed by atoms with Crippen molar-refractivity contribution >= 4 is 19.7 Å². The smallest absolute Gasteiger partial charge is 0.193 e. The van der Waals surface area contributed by atoms with Crippen LogP contribution in [0.4, 0.5) is 0 Å². The molecule has 0 aliphatic carbocycles. The van der Waals surface area contributed by atoms with Gasteiger partial charge >= 0.3 is 0 Å². The van der Waals surface area contributed by atoms with E-state index in [0.717, 1.165) is 0 Å². The molecule has 0 bridgehead atoms. The predicted octanol–water partition coefficient (Wildman–Crippen LogP) is 5.79. The highest BCUT2D eigenvalue weighted by atomic mass is 28.3. The van der Waals surface area contributed by atoms with E-state index in [2.05, 4.69) is 90.8 Å². The Labute approximate surface area is 125 Å². The van der Waals surface area contributed by atoms with Gasteiger partial charge in [-0.25, -0.2) is 0 Å². The molecule has 1 aromatic rings. The van der Waals surface area contributed by atoms with Crippen LogP contribution in [0.5, 0.6) is 0 Å². The fourth-order valence-electron chi connectivity index (χ4n) is 1.63. The van der Waals surface area contributed by atoms with Crippen molar-refractivity contribution in [2.24, 2.45) is 10.1 Å². The van der Waals surface area contributed by atoms with E-state index in [4.69, 9.17) is 4.66 Å². The minimum atomic E-state index is -1.69. The minimum Gasteiger partial charge on any atom is -0.283 e. The number of nitrogens with zero attached hydrogens (tertiary/aromatic N) is 1. The molecule has 0 unspecified atom stereocenters. The van der Waals surface area contributed by atoms with Crippen molar-refractivity contribution in [2.45, 2.75) is 59.7 Å². The highest BCUT2D eigenvalue weighted by Gasteiger charge is 2.35. The Kier molecular flexibility index (Phi) is 4.84. The molecule has 0 aliphatic rings. The maximum absolute atomic E-state index is 4.92. The minimum absolute atomic E-state index is 0.0488. The Morgan fingerprint density at radius 1 is 0.950 bits per heavy atom. The van der Waals surface area contributed by atoms with Crippen molar-refractivity contribution in [1.82, 2.24) is 0 Å². The SMILES string of the molecule is CC(C)(C)C(=C=N[Si](C)(C)C(C)(C)C)c1ccccc1. The van der Waals surface area contributed by atoms with Gasteiger partial charge in [0.2, 0.25) is 0 Å². The molecule has 0 fully saturated rings. The van der Waals surface area contributed by atoms with Gasteiger partial charge in [-0.15, -0.1) is 0 Å². The summed E-state index contributed by atoms with van der Waals surface area (Å²) in [4.78, 5) is 0. The molecular formula is C18H29NSi. The average Bonchev–Trinajstić information content (AvgIpc) is 2.27. The molecule has 0 spiro atoms. The number of hydrogen-bond donors (Lipinski definition) is 0. The van der Waals surface area contributed by atoms with Crippen LogP contribution in [0.1, 0.15) is 47.1 Å². The van der Waals surface area contributed by atoms with Crippen molar-refractivity contribution < 1.29 is 0 Å². The van der Waals surface area contributed by atoms with Gasteiger partial charge in [0.25, 0.3) is 0 Å². The molecule has 110 valence electrons. The van der Waals surface area contributed by atoms with E-state index in [-0.39, 0.29) is 10.5 Å². The quantitative estimate of drug-likeness (QED) is 0.482. The molecule has 20 heavy (non-hydrogen) atoms. The summed E-state index contributed by atoms with van der Waals surface area (Å²) in [5.41, 5.74) is 2.47. The van der Waals surface area contributed by atoms with Gasteiger partial charge < -0.3 is 0 Å². The zero-order chi connectivity index (χ0) is 15.6. The summed E-state index contributed by atoms with van der Waals surface area (Å²) in [7, 11) is -1.69. The van der Waals surface area contributed by atoms with Crippen molar-refractivity contribution in [3.05, 3.63) is 35.9 Å². The van der Waals surface area contributed by atoms with Crippen LogP contribution in [-0.4, -0.2) is 14.1 Å². The highest BCUT2D eigenvalue weighted by molar-refractivity contribution is 6.79. The maximum Gasteiger partial charge on any atom is 0.193 e. The predicted molar refractivity (Wildman–Crippen MR) is 93.9 cm³/mol. The Balaban J connectivity index is 3.38. The lowest BCUT2D eigenvalue weighted by Gasteiger charge is -2.31. The summed E-state index contributed by atoms with van der Waals surface area (Å²) in [6.45, 7) is 18.1. The summed E-state index contributed by atoms with van der Waals surface area (Å²) >= 11 is 0. The van der Waals surface area contributed by atoms with Crippen LogP contribution in [0, 0.1) is 5.41 Å². The van der Waals surface area contributed by atoms with Crippen LogP contribution in [0.3, 0.4) is 0 Å². The van der Waals surface area contributed by atoms with Crippen LogP contribution in [-0.2, 0) is 0 Å². The molecule has 0 radical (unpaired) electrons. The first-order valence-corrected chi connectivity index (χ1v) is 10.3. The van der Waals surface area contributed by atoms with E-state index in [1.54, 1.807) is 0 Å². The van der Waals surface area contributed by atoms with Gasteiger partial charge in [-0.05, 0) is 35.0 Å². The molecule has 0 saturated carbocycles. The largest absolute Gasteiger partial charge is 0.283 e. The van der Waals surface area contributed by atoms with E-state index in [1.165, 1.54) is 11.1 Å². The number of allylic oxidation sites excluding steroid dienone is 1. The van der Waals surface area contributed by atoms with Gasteiger partial charge in [0, 0.05) is 5.57 Å². The number of hydrogen-bond acceptors (Lipinski definition) is 1. The second-order valence-electron chi connectivity index (χ2n) is 8.02. The van der Waals surface area contributed by atoms with Crippen LogP contribution in [0.25, 0.3) is 5.57 Å². The molecule has 0 amide bonds. The highest BCUT2D eigenvalue weighted by Crippen LogP contribution is 2.37. The second-order valence-corrected chi connectivity index (χ2v) is 12.9. The summed E-state index contributed by atoms with van der Waals surface area (Å²) in [5.74, 6) is 3.43. The summed E-state index contributed by atoms with van der Waals surface area (Å²) in [6.07, 6.45) is 0. The molecule has 0 aliphatic heterocycles. The van der Waals surface area contributed by atoms with Gasteiger partial charge in [-0.1, -0.05) is 71.9 Å². The molecule has 0 aromatic heterocycles. The lowest BCUT2D eigenvalue weighted by atomic mass is 9.83. The average molecular weight is 288 g/mol. The zero-order valence-corrected chi connectivity index (χ0v) is 15.3. The summed E-state index contributed by atoms with van der Waals surface area (Å²) in [5, 5.41) is 0.250. The van der Waals surface area contributed by atoms with Crippen LogP contribution < -0.4 is 0 Å². The lowest BCUT2D eigenvalue weighted by Crippen LogP contribution is -2.35. The molecule has 0 atom stereocenters. The van der Waals surface area contributed by atoms with Gasteiger partial charge in [0.05, 0.1) is 0 Å². The third-order valence-electron chi connectivity index (χ3n) is 4.10. The number of benzene rings is 1. The Morgan fingerprint density at radius 3 is 1.85 bits per heavy atom. The Hall–Kier alpha value is -1.11. The van der Waals surface area contributed by atoms with Gasteiger partial charge in [0.15, 0.2) is 8.24 Å². The fourth-order valence-corrected chi connectivity index (χ4v) is 2.36. The molecule has 2 heteroatoms. The molecule has 1 nitrogen and oxygen atoms in total. The van der Waals surface area contributed by atoms with Crippen molar-refractivity contribution in [3.8, 4) is 0 Å². The summed E-state index contributed by atoms with van der Waals surface area (Å²) in [6, 6.07) is 10.5. The fraction of sp³-hybridized carbons (Fsp3) is 0.556. The van der Waals surface area contributed by atoms with E-state index < -0.39 is 8.24 Å². The molecule has 0 heterocycles. The van der Waals surface area contributed by atoms with Crippen LogP contribution in [0.15, 0.2) is 35.0 Å². The topological polar surface area (TPSA) is 12.4 Å². The molecular weight excluding hydrogens is 258 g/mol. The monoisotopic (exact) mass is 287 g/mol. The van der Waals surface area contributed by atoms with Gasteiger partial charge in [-0.2, -0.15) is 0 Å². The van der Waals surface area contributed by atoms with Crippen LogP contribution in [0.2, 0.25) is 18.1 Å². The second kappa shape index (κ2) is 5.71. The molecule has 1 rings (SSSR count). The molecule has 1 aromatic carbocycles. The number of rotatable bonds is 2. The van der Waals surface area contributed by atoms with Gasteiger partial charge in [0.1, 0.15) is 0 Å². The zero-order valence-electron chi connectivity index (χ0n) is 14.3. The Bertz CT molecular complexity index is 507. The lowest BCUT2D eigenvalue weighted by molar-refractivity contribution is 0.570.